The van der Waals surface area contributed by atoms with Gasteiger partial charge in [-0.2, -0.15) is 0 Å². The molecule has 1 aromatic rings. The first-order valence-electron chi connectivity index (χ1n) is 5.98. The number of aromatic nitrogens is 1. The molecule has 0 bridgehead atoms. The number of amides is 1. The van der Waals surface area contributed by atoms with Gasteiger partial charge in [0.1, 0.15) is 5.69 Å². The van der Waals surface area contributed by atoms with Gasteiger partial charge >= 0.3 is 0 Å². The molecule has 0 spiro atoms. The Morgan fingerprint density at radius 1 is 1.59 bits per heavy atom. The summed E-state index contributed by atoms with van der Waals surface area (Å²) < 4.78 is 2.00. The van der Waals surface area contributed by atoms with Gasteiger partial charge in [0, 0.05) is 25.3 Å². The third-order valence-electron chi connectivity index (χ3n) is 2.89. The van der Waals surface area contributed by atoms with Crippen molar-refractivity contribution in [1.82, 2.24) is 14.8 Å². The molecule has 1 heterocycles. The van der Waals surface area contributed by atoms with Crippen LogP contribution in [0, 0.1) is 0 Å². The summed E-state index contributed by atoms with van der Waals surface area (Å²) in [5.74, 6) is -0.0320. The number of likely N-dealkylation sites (N-methyl/N-ethyl adjacent to an activating group) is 1. The van der Waals surface area contributed by atoms with E-state index in [4.69, 9.17) is 5.73 Å². The average Bonchev–Trinajstić information content (AvgIpc) is 3.01. The first kappa shape index (κ1) is 12.0. The van der Waals surface area contributed by atoms with Crippen LogP contribution >= 0.6 is 0 Å². The molecular formula is C12H20N4O. The summed E-state index contributed by atoms with van der Waals surface area (Å²) in [4.78, 5) is 14.0. The highest BCUT2D eigenvalue weighted by atomic mass is 16.1. The van der Waals surface area contributed by atoms with Crippen molar-refractivity contribution < 1.29 is 4.79 Å². The van der Waals surface area contributed by atoms with Gasteiger partial charge in [-0.1, -0.05) is 0 Å². The van der Waals surface area contributed by atoms with Crippen LogP contribution in [-0.4, -0.2) is 42.6 Å². The Morgan fingerprint density at radius 2 is 2.29 bits per heavy atom. The van der Waals surface area contributed by atoms with E-state index in [9.17, 15) is 4.79 Å². The fraction of sp³-hybridized carbons (Fsp3) is 0.583. The number of nitrogen functional groups attached to an aromatic ring is 1. The first-order chi connectivity index (χ1) is 8.08. The number of carbonyl (C=O) groups is 1. The normalized spacial score (nSPS) is 15.2. The van der Waals surface area contributed by atoms with Crippen LogP contribution in [0.1, 0.15) is 29.4 Å². The van der Waals surface area contributed by atoms with E-state index >= 15 is 0 Å². The number of nitrogens with zero attached hydrogens (tertiary/aromatic N) is 2. The monoisotopic (exact) mass is 236 g/mol. The van der Waals surface area contributed by atoms with Crippen molar-refractivity contribution in [3.63, 3.8) is 0 Å². The Hall–Kier alpha value is -1.49. The minimum absolute atomic E-state index is 0.0320. The maximum absolute atomic E-state index is 12.0. The van der Waals surface area contributed by atoms with Crippen LogP contribution in [0.15, 0.2) is 12.3 Å². The Kier molecular flexibility index (Phi) is 3.38. The molecule has 1 aromatic heterocycles. The van der Waals surface area contributed by atoms with Crippen LogP contribution in [0.4, 0.5) is 5.69 Å². The van der Waals surface area contributed by atoms with E-state index in [1.165, 1.54) is 0 Å². The zero-order chi connectivity index (χ0) is 12.4. The highest BCUT2D eigenvalue weighted by Crippen LogP contribution is 2.37. The molecule has 94 valence electrons. The SMILES string of the molecule is CN(C)CCNC(=O)c1cc(N)cn1C1CC1. The summed E-state index contributed by atoms with van der Waals surface area (Å²) in [6.07, 6.45) is 4.15. The first-order valence-corrected chi connectivity index (χ1v) is 5.98. The van der Waals surface area contributed by atoms with E-state index in [0.717, 1.165) is 19.4 Å². The lowest BCUT2D eigenvalue weighted by Gasteiger charge is -2.11. The van der Waals surface area contributed by atoms with Crippen LogP contribution < -0.4 is 11.1 Å². The molecule has 0 aliphatic heterocycles. The summed E-state index contributed by atoms with van der Waals surface area (Å²) >= 11 is 0. The lowest BCUT2D eigenvalue weighted by atomic mass is 10.3. The second kappa shape index (κ2) is 4.79. The van der Waals surface area contributed by atoms with Crippen molar-refractivity contribution in [3.05, 3.63) is 18.0 Å². The molecular weight excluding hydrogens is 216 g/mol. The molecule has 0 aromatic carbocycles. The van der Waals surface area contributed by atoms with Crippen molar-refractivity contribution in [2.75, 3.05) is 32.9 Å². The molecule has 1 aliphatic rings. The predicted molar refractivity (Wildman–Crippen MR) is 68.0 cm³/mol. The molecule has 0 atom stereocenters. The number of carbonyl (C=O) groups excluding carboxylic acids is 1. The van der Waals surface area contributed by atoms with Crippen LogP contribution in [0.3, 0.4) is 0 Å². The Balaban J connectivity index is 1.98. The smallest absolute Gasteiger partial charge is 0.268 e. The van der Waals surface area contributed by atoms with Crippen LogP contribution in [-0.2, 0) is 0 Å². The predicted octanol–water partition coefficient (Wildman–Crippen LogP) is 0.697. The van der Waals surface area contributed by atoms with E-state index in [1.54, 1.807) is 6.07 Å². The van der Waals surface area contributed by atoms with E-state index < -0.39 is 0 Å². The number of anilines is 1. The average molecular weight is 236 g/mol. The Bertz CT molecular complexity index is 407. The van der Waals surface area contributed by atoms with Gasteiger partial charge in [-0.15, -0.1) is 0 Å². The van der Waals surface area contributed by atoms with Crippen molar-refractivity contribution >= 4 is 11.6 Å². The van der Waals surface area contributed by atoms with Gasteiger partial charge in [-0.25, -0.2) is 0 Å². The van der Waals surface area contributed by atoms with Crippen LogP contribution in [0.25, 0.3) is 0 Å². The number of nitrogens with two attached hydrogens (primary N) is 1. The quantitative estimate of drug-likeness (QED) is 0.791. The summed E-state index contributed by atoms with van der Waals surface area (Å²) in [5.41, 5.74) is 7.10. The second-order valence-corrected chi connectivity index (χ2v) is 4.86. The van der Waals surface area contributed by atoms with Crippen molar-refractivity contribution in [2.45, 2.75) is 18.9 Å². The number of nitrogens with one attached hydrogen (secondary N) is 1. The van der Waals surface area contributed by atoms with Gasteiger partial charge in [0.05, 0.1) is 5.69 Å². The van der Waals surface area contributed by atoms with E-state index in [-0.39, 0.29) is 5.91 Å². The number of hydrogen-bond acceptors (Lipinski definition) is 3. The maximum Gasteiger partial charge on any atom is 0.268 e. The minimum Gasteiger partial charge on any atom is -0.397 e. The largest absolute Gasteiger partial charge is 0.397 e. The molecule has 3 N–H and O–H groups in total. The van der Waals surface area contributed by atoms with Gasteiger partial charge in [-0.3, -0.25) is 4.79 Å². The van der Waals surface area contributed by atoms with E-state index in [1.807, 2.05) is 29.8 Å². The number of rotatable bonds is 5. The molecule has 0 unspecified atom stereocenters. The summed E-state index contributed by atoms with van der Waals surface area (Å²) in [5, 5.41) is 2.91. The van der Waals surface area contributed by atoms with Crippen molar-refractivity contribution in [3.8, 4) is 0 Å². The van der Waals surface area contributed by atoms with Crippen molar-refractivity contribution in [2.24, 2.45) is 0 Å². The maximum atomic E-state index is 12.0. The molecule has 1 saturated carbocycles. The third-order valence-corrected chi connectivity index (χ3v) is 2.89. The molecule has 2 rings (SSSR count). The zero-order valence-corrected chi connectivity index (χ0v) is 10.4. The van der Waals surface area contributed by atoms with Crippen LogP contribution in [0.5, 0.6) is 0 Å². The molecule has 0 radical (unpaired) electrons. The van der Waals surface area contributed by atoms with Gasteiger partial charge in [0.2, 0.25) is 0 Å². The highest BCUT2D eigenvalue weighted by Gasteiger charge is 2.27. The summed E-state index contributed by atoms with van der Waals surface area (Å²) in [6.45, 7) is 1.49. The lowest BCUT2D eigenvalue weighted by Crippen LogP contribution is -2.32. The molecule has 5 nitrogen and oxygen atoms in total. The summed E-state index contributed by atoms with van der Waals surface area (Å²) in [6, 6.07) is 2.23. The minimum atomic E-state index is -0.0320. The van der Waals surface area contributed by atoms with Gasteiger partial charge < -0.3 is 20.5 Å². The topological polar surface area (TPSA) is 63.3 Å². The standard InChI is InChI=1S/C12H20N4O/c1-15(2)6-5-14-12(17)11-7-9(13)8-16(11)10-3-4-10/h7-8,10H,3-6,13H2,1-2H3,(H,14,17). The molecule has 17 heavy (non-hydrogen) atoms. The Labute approximate surface area is 102 Å². The molecule has 0 saturated heterocycles. The Morgan fingerprint density at radius 3 is 2.88 bits per heavy atom. The fourth-order valence-corrected chi connectivity index (χ4v) is 1.82. The van der Waals surface area contributed by atoms with Crippen LogP contribution in [0.2, 0.25) is 0 Å². The fourth-order valence-electron chi connectivity index (χ4n) is 1.82. The molecule has 1 aliphatic carbocycles. The van der Waals surface area contributed by atoms with E-state index in [2.05, 4.69) is 5.32 Å². The zero-order valence-electron chi connectivity index (χ0n) is 10.4. The molecule has 5 heteroatoms. The second-order valence-electron chi connectivity index (χ2n) is 4.86. The van der Waals surface area contributed by atoms with E-state index in [0.29, 0.717) is 24.0 Å². The highest BCUT2D eigenvalue weighted by molar-refractivity contribution is 5.93. The third kappa shape index (κ3) is 3.00. The molecule has 1 fully saturated rings. The van der Waals surface area contributed by atoms with Crippen molar-refractivity contribution in [1.29, 1.82) is 0 Å². The lowest BCUT2D eigenvalue weighted by molar-refractivity contribution is 0.0941. The van der Waals surface area contributed by atoms with Gasteiger partial charge in [-0.05, 0) is 33.0 Å². The van der Waals surface area contributed by atoms with Gasteiger partial charge in [0.25, 0.3) is 5.91 Å². The summed E-state index contributed by atoms with van der Waals surface area (Å²) in [7, 11) is 3.97. The van der Waals surface area contributed by atoms with Gasteiger partial charge in [0.15, 0.2) is 0 Å². The molecule has 1 amide bonds. The number of hydrogen-bond donors (Lipinski definition) is 2.